The summed E-state index contributed by atoms with van der Waals surface area (Å²) in [7, 11) is -4.15. The van der Waals surface area contributed by atoms with Crippen molar-refractivity contribution in [1.29, 1.82) is 0 Å². The average Bonchev–Trinajstić information content (AvgIpc) is 3.10. The Hall–Kier alpha value is -2.26. The largest absolute Gasteiger partial charge is 0.276 e. The van der Waals surface area contributed by atoms with E-state index in [1.54, 1.807) is 11.4 Å². The number of benzene rings is 2. The molecule has 9 heteroatoms. The summed E-state index contributed by atoms with van der Waals surface area (Å²) in [5.74, 6) is -1.27. The van der Waals surface area contributed by atoms with Gasteiger partial charge < -0.3 is 0 Å². The zero-order valence-corrected chi connectivity index (χ0v) is 16.4. The SMILES string of the molecule is Cc1ccc(-c2ccsc2C(=O)NNS(=O)(=O)c2ccc(F)cc2Cl)cc1. The van der Waals surface area contributed by atoms with E-state index in [1.807, 2.05) is 36.0 Å². The molecule has 3 aromatic rings. The van der Waals surface area contributed by atoms with Crippen LogP contribution in [0.15, 0.2) is 58.8 Å². The third-order valence-corrected chi connectivity index (χ3v) is 6.36. The number of carbonyl (C=O) groups excluding carboxylic acids is 1. The molecule has 2 N–H and O–H groups in total. The normalized spacial score (nSPS) is 11.4. The van der Waals surface area contributed by atoms with E-state index < -0.39 is 21.7 Å². The summed E-state index contributed by atoms with van der Waals surface area (Å²) in [6.07, 6.45) is 0. The molecule has 1 amide bonds. The Bertz CT molecular complexity index is 1100. The van der Waals surface area contributed by atoms with Gasteiger partial charge in [-0.25, -0.2) is 12.8 Å². The first-order chi connectivity index (χ1) is 12.8. The van der Waals surface area contributed by atoms with Crippen molar-refractivity contribution in [3.63, 3.8) is 0 Å². The Labute approximate surface area is 164 Å². The molecule has 0 unspecified atom stereocenters. The Balaban J connectivity index is 1.79. The molecule has 0 fully saturated rings. The number of hydrazine groups is 1. The molecule has 0 saturated carbocycles. The third kappa shape index (κ3) is 4.36. The van der Waals surface area contributed by atoms with E-state index in [0.717, 1.165) is 29.3 Å². The average molecular weight is 425 g/mol. The highest BCUT2D eigenvalue weighted by atomic mass is 35.5. The van der Waals surface area contributed by atoms with Crippen LogP contribution in [0.4, 0.5) is 4.39 Å². The number of thiophene rings is 1. The van der Waals surface area contributed by atoms with Gasteiger partial charge in [-0.15, -0.1) is 16.2 Å². The summed E-state index contributed by atoms with van der Waals surface area (Å²) < 4.78 is 37.7. The van der Waals surface area contributed by atoms with Crippen molar-refractivity contribution in [2.45, 2.75) is 11.8 Å². The van der Waals surface area contributed by atoms with E-state index in [-0.39, 0.29) is 9.92 Å². The molecule has 0 aliphatic heterocycles. The number of carbonyl (C=O) groups is 1. The molecule has 1 aromatic heterocycles. The molecule has 140 valence electrons. The molecule has 1 heterocycles. The highest BCUT2D eigenvalue weighted by Gasteiger charge is 2.21. The Morgan fingerprint density at radius 2 is 1.81 bits per heavy atom. The Morgan fingerprint density at radius 1 is 1.11 bits per heavy atom. The van der Waals surface area contributed by atoms with Crippen molar-refractivity contribution in [3.8, 4) is 11.1 Å². The van der Waals surface area contributed by atoms with Crippen LogP contribution < -0.4 is 10.3 Å². The topological polar surface area (TPSA) is 75.3 Å². The van der Waals surface area contributed by atoms with Crippen LogP contribution in [-0.4, -0.2) is 14.3 Å². The molecule has 0 radical (unpaired) electrons. The first-order valence-electron chi connectivity index (χ1n) is 7.69. The van der Waals surface area contributed by atoms with Crippen LogP contribution in [-0.2, 0) is 10.0 Å². The van der Waals surface area contributed by atoms with E-state index in [2.05, 4.69) is 5.43 Å². The number of amides is 1. The molecule has 0 aliphatic carbocycles. The van der Waals surface area contributed by atoms with Gasteiger partial charge in [0.1, 0.15) is 15.6 Å². The minimum absolute atomic E-state index is 0.284. The molecule has 0 spiro atoms. The fourth-order valence-corrected chi connectivity index (χ4v) is 4.55. The minimum Gasteiger partial charge on any atom is -0.273 e. The van der Waals surface area contributed by atoms with Crippen LogP contribution in [0, 0.1) is 12.7 Å². The van der Waals surface area contributed by atoms with Gasteiger partial charge in [-0.05, 0) is 42.1 Å². The quantitative estimate of drug-likeness (QED) is 0.604. The lowest BCUT2D eigenvalue weighted by molar-refractivity contribution is 0.0950. The van der Waals surface area contributed by atoms with Gasteiger partial charge in [0.2, 0.25) is 0 Å². The first-order valence-corrected chi connectivity index (χ1v) is 10.4. The summed E-state index contributed by atoms with van der Waals surface area (Å²) in [5.41, 5.74) is 4.79. The molecule has 3 rings (SSSR count). The van der Waals surface area contributed by atoms with E-state index in [4.69, 9.17) is 11.6 Å². The van der Waals surface area contributed by atoms with E-state index in [1.165, 1.54) is 11.3 Å². The van der Waals surface area contributed by atoms with Crippen LogP contribution in [0.5, 0.6) is 0 Å². The van der Waals surface area contributed by atoms with E-state index in [9.17, 15) is 17.6 Å². The highest BCUT2D eigenvalue weighted by Crippen LogP contribution is 2.28. The maximum Gasteiger partial charge on any atom is 0.276 e. The van der Waals surface area contributed by atoms with Crippen LogP contribution >= 0.6 is 22.9 Å². The number of halogens is 2. The third-order valence-electron chi connectivity index (χ3n) is 3.72. The lowest BCUT2D eigenvalue weighted by Crippen LogP contribution is -2.41. The van der Waals surface area contributed by atoms with Gasteiger partial charge >= 0.3 is 0 Å². The van der Waals surface area contributed by atoms with Crippen molar-refractivity contribution in [1.82, 2.24) is 10.3 Å². The van der Waals surface area contributed by atoms with Crippen molar-refractivity contribution >= 4 is 38.9 Å². The molecule has 2 aromatic carbocycles. The summed E-state index contributed by atoms with van der Waals surface area (Å²) in [6, 6.07) is 12.3. The molecule has 0 bridgehead atoms. The second-order valence-corrected chi connectivity index (χ2v) is 8.64. The van der Waals surface area contributed by atoms with Crippen molar-refractivity contribution in [2.75, 3.05) is 0 Å². The zero-order valence-electron chi connectivity index (χ0n) is 14.0. The standard InChI is InChI=1S/C18H14ClFN2O3S2/c1-11-2-4-12(5-3-11)14-8-9-26-17(14)18(23)21-22-27(24,25)16-7-6-13(20)10-15(16)19/h2-10,22H,1H3,(H,21,23). The number of sulfonamides is 1. The van der Waals surface area contributed by atoms with Gasteiger partial charge in [0.05, 0.1) is 5.02 Å². The van der Waals surface area contributed by atoms with Gasteiger partial charge in [-0.1, -0.05) is 41.4 Å². The Morgan fingerprint density at radius 3 is 2.48 bits per heavy atom. The minimum atomic E-state index is -4.15. The maximum atomic E-state index is 13.1. The van der Waals surface area contributed by atoms with Gasteiger partial charge in [-0.2, -0.15) is 0 Å². The smallest absolute Gasteiger partial charge is 0.273 e. The molecule has 0 atom stereocenters. The van der Waals surface area contributed by atoms with Gasteiger partial charge in [0.15, 0.2) is 0 Å². The predicted octanol–water partition coefficient (Wildman–Crippen LogP) is 4.14. The van der Waals surface area contributed by atoms with Crippen LogP contribution in [0.1, 0.15) is 15.2 Å². The molecular formula is C18H14ClFN2O3S2. The monoisotopic (exact) mass is 424 g/mol. The molecule has 5 nitrogen and oxygen atoms in total. The van der Waals surface area contributed by atoms with Crippen LogP contribution in [0.2, 0.25) is 5.02 Å². The number of hydrogen-bond donors (Lipinski definition) is 2. The number of nitrogens with one attached hydrogen (secondary N) is 2. The highest BCUT2D eigenvalue weighted by molar-refractivity contribution is 7.89. The van der Waals surface area contributed by atoms with Crippen molar-refractivity contribution in [2.24, 2.45) is 0 Å². The maximum absolute atomic E-state index is 13.1. The fourth-order valence-electron chi connectivity index (χ4n) is 2.36. The van der Waals surface area contributed by atoms with Crippen molar-refractivity contribution < 1.29 is 17.6 Å². The van der Waals surface area contributed by atoms with Gasteiger partial charge in [0.25, 0.3) is 15.9 Å². The second kappa shape index (κ2) is 7.77. The molecular weight excluding hydrogens is 411 g/mol. The predicted molar refractivity (Wildman–Crippen MR) is 104 cm³/mol. The van der Waals surface area contributed by atoms with E-state index >= 15 is 0 Å². The van der Waals surface area contributed by atoms with Crippen molar-refractivity contribution in [3.05, 3.63) is 75.2 Å². The molecule has 0 saturated heterocycles. The lowest BCUT2D eigenvalue weighted by atomic mass is 10.1. The van der Waals surface area contributed by atoms with E-state index in [0.29, 0.717) is 10.4 Å². The Kier molecular flexibility index (Phi) is 5.61. The summed E-state index contributed by atoms with van der Waals surface area (Å²) in [5, 5.41) is 1.46. The summed E-state index contributed by atoms with van der Waals surface area (Å²) in [6.45, 7) is 1.96. The van der Waals surface area contributed by atoms with Gasteiger partial charge in [-0.3, -0.25) is 10.2 Å². The van der Waals surface area contributed by atoms with Crippen LogP contribution in [0.3, 0.4) is 0 Å². The number of aryl methyl sites for hydroxylation is 1. The molecule has 0 aliphatic rings. The zero-order chi connectivity index (χ0) is 19.6. The number of rotatable bonds is 5. The van der Waals surface area contributed by atoms with Crippen LogP contribution in [0.25, 0.3) is 11.1 Å². The fraction of sp³-hybridized carbons (Fsp3) is 0.0556. The summed E-state index contributed by atoms with van der Waals surface area (Å²) in [4.78, 5) is 14.5. The number of hydrogen-bond acceptors (Lipinski definition) is 4. The second-order valence-electron chi connectivity index (χ2n) is 5.66. The van der Waals surface area contributed by atoms with Gasteiger partial charge in [0, 0.05) is 5.56 Å². The molecule has 27 heavy (non-hydrogen) atoms. The first kappa shape index (κ1) is 19.5. The summed E-state index contributed by atoms with van der Waals surface area (Å²) >= 11 is 6.96. The lowest BCUT2D eigenvalue weighted by Gasteiger charge is -2.10.